The van der Waals surface area contributed by atoms with Gasteiger partial charge in [0.25, 0.3) is 0 Å². The highest BCUT2D eigenvalue weighted by atomic mass is 79.9. The molecule has 0 amide bonds. The van der Waals surface area contributed by atoms with Gasteiger partial charge in [0, 0.05) is 9.88 Å². The Morgan fingerprint density at radius 1 is 0.957 bits per heavy atom. The molecule has 0 atom stereocenters. The van der Waals surface area contributed by atoms with E-state index in [4.69, 9.17) is 0 Å². The van der Waals surface area contributed by atoms with Crippen LogP contribution in [0.5, 0.6) is 0 Å². The molecule has 0 spiro atoms. The van der Waals surface area contributed by atoms with Crippen LogP contribution in [-0.4, -0.2) is 8.42 Å². The Morgan fingerprint density at radius 3 is 2.04 bits per heavy atom. The summed E-state index contributed by atoms with van der Waals surface area (Å²) < 4.78 is 62.3. The van der Waals surface area contributed by atoms with Crippen molar-refractivity contribution < 1.29 is 21.6 Å². The van der Waals surface area contributed by atoms with Gasteiger partial charge in [-0.1, -0.05) is 40.2 Å². The number of alkyl halides is 3. The predicted octanol–water partition coefficient (Wildman–Crippen LogP) is 5.05. The van der Waals surface area contributed by atoms with Crippen molar-refractivity contribution in [1.82, 2.24) is 0 Å². The third kappa shape index (κ3) is 5.51. The molecule has 2 rings (SSSR count). The van der Waals surface area contributed by atoms with Crippen LogP contribution >= 0.6 is 15.9 Å². The smallest absolute Gasteiger partial charge is 0.224 e. The van der Waals surface area contributed by atoms with Gasteiger partial charge in [0.2, 0.25) is 0 Å². The quantitative estimate of drug-likeness (QED) is 0.713. The van der Waals surface area contributed by atoms with E-state index in [1.54, 1.807) is 24.3 Å². The molecule has 0 aliphatic carbocycles. The van der Waals surface area contributed by atoms with Gasteiger partial charge >= 0.3 is 6.18 Å². The fourth-order valence-electron chi connectivity index (χ4n) is 1.83. The Kier molecular flexibility index (Phi) is 5.31. The number of hydrogen-bond acceptors (Lipinski definition) is 2. The average Bonchev–Trinajstić information content (AvgIpc) is 2.46. The zero-order valence-electron chi connectivity index (χ0n) is 11.7. The third-order valence-corrected chi connectivity index (χ3v) is 4.80. The van der Waals surface area contributed by atoms with E-state index in [1.165, 1.54) is 18.2 Å². The van der Waals surface area contributed by atoms with Gasteiger partial charge in [-0.05, 0) is 41.5 Å². The molecule has 0 heterocycles. The largest absolute Gasteiger partial charge is 0.416 e. The highest BCUT2D eigenvalue weighted by Gasteiger charge is 2.30. The summed E-state index contributed by atoms with van der Waals surface area (Å²) in [6, 6.07) is 11.2. The summed E-state index contributed by atoms with van der Waals surface area (Å²) in [5.41, 5.74) is 0.215. The Labute approximate surface area is 140 Å². The maximum absolute atomic E-state index is 12.5. The first kappa shape index (κ1) is 17.7. The van der Waals surface area contributed by atoms with Gasteiger partial charge < -0.3 is 0 Å². The topological polar surface area (TPSA) is 34.1 Å². The first-order valence-corrected chi connectivity index (χ1v) is 8.99. The molecule has 2 nitrogen and oxygen atoms in total. The molecule has 0 N–H and O–H groups in total. The van der Waals surface area contributed by atoms with Gasteiger partial charge in [-0.15, -0.1) is 0 Å². The molecular formula is C16H12BrF3O2S. The summed E-state index contributed by atoms with van der Waals surface area (Å²) in [6.07, 6.45) is -2.98. The van der Waals surface area contributed by atoms with Crippen LogP contribution in [0.25, 0.3) is 6.08 Å². The minimum Gasteiger partial charge on any atom is -0.224 e. The van der Waals surface area contributed by atoms with Crippen molar-refractivity contribution in [2.45, 2.75) is 11.9 Å². The Balaban J connectivity index is 2.10. The van der Waals surface area contributed by atoms with Crippen molar-refractivity contribution in [2.24, 2.45) is 0 Å². The Morgan fingerprint density at radius 2 is 1.52 bits per heavy atom. The molecule has 0 bridgehead atoms. The summed E-state index contributed by atoms with van der Waals surface area (Å²) in [7, 11) is -3.56. The van der Waals surface area contributed by atoms with E-state index in [1.807, 2.05) is 0 Å². The van der Waals surface area contributed by atoms with Crippen molar-refractivity contribution in [3.05, 3.63) is 75.1 Å². The molecular weight excluding hydrogens is 393 g/mol. The zero-order valence-corrected chi connectivity index (χ0v) is 14.1. The minimum atomic E-state index is -4.43. The molecule has 2 aromatic rings. The van der Waals surface area contributed by atoms with Gasteiger partial charge in [-0.3, -0.25) is 0 Å². The van der Waals surface area contributed by atoms with Crippen LogP contribution in [0.1, 0.15) is 16.7 Å². The molecule has 0 saturated carbocycles. The monoisotopic (exact) mass is 404 g/mol. The van der Waals surface area contributed by atoms with Gasteiger partial charge in [0.05, 0.1) is 11.3 Å². The fourth-order valence-corrected chi connectivity index (χ4v) is 3.21. The van der Waals surface area contributed by atoms with Gasteiger partial charge in [-0.25, -0.2) is 8.42 Å². The highest BCUT2D eigenvalue weighted by molar-refractivity contribution is 9.10. The second kappa shape index (κ2) is 6.88. The number of sulfone groups is 1. The van der Waals surface area contributed by atoms with Crippen molar-refractivity contribution in [2.75, 3.05) is 0 Å². The van der Waals surface area contributed by atoms with Crippen molar-refractivity contribution in [3.63, 3.8) is 0 Å². The Hall–Kier alpha value is -1.60. The SMILES string of the molecule is O=S(=O)(/C=C/c1ccc(Br)cc1)Cc1ccc(C(F)(F)F)cc1. The summed E-state index contributed by atoms with van der Waals surface area (Å²) >= 11 is 3.28. The number of hydrogen-bond donors (Lipinski definition) is 0. The molecule has 0 aromatic heterocycles. The maximum atomic E-state index is 12.5. The summed E-state index contributed by atoms with van der Waals surface area (Å²) in [4.78, 5) is 0. The van der Waals surface area contributed by atoms with Crippen LogP contribution in [0.3, 0.4) is 0 Å². The molecule has 0 unspecified atom stereocenters. The van der Waals surface area contributed by atoms with Crippen LogP contribution in [0, 0.1) is 0 Å². The zero-order chi connectivity index (χ0) is 17.1. The minimum absolute atomic E-state index is 0.304. The molecule has 23 heavy (non-hydrogen) atoms. The number of halogens is 4. The van der Waals surface area contributed by atoms with Crippen LogP contribution < -0.4 is 0 Å². The predicted molar refractivity (Wildman–Crippen MR) is 87.2 cm³/mol. The van der Waals surface area contributed by atoms with Gasteiger partial charge in [0.15, 0.2) is 9.84 Å². The second-order valence-corrected chi connectivity index (χ2v) is 7.66. The van der Waals surface area contributed by atoms with Crippen molar-refractivity contribution in [3.8, 4) is 0 Å². The van der Waals surface area contributed by atoms with Crippen molar-refractivity contribution in [1.29, 1.82) is 0 Å². The molecule has 0 fully saturated rings. The first-order valence-electron chi connectivity index (χ1n) is 6.48. The molecule has 0 saturated heterocycles. The van der Waals surface area contributed by atoms with Gasteiger partial charge in [0.1, 0.15) is 0 Å². The van der Waals surface area contributed by atoms with E-state index in [0.29, 0.717) is 11.1 Å². The second-order valence-electron chi connectivity index (χ2n) is 4.86. The number of rotatable bonds is 4. The number of benzene rings is 2. The lowest BCUT2D eigenvalue weighted by molar-refractivity contribution is -0.137. The van der Waals surface area contributed by atoms with E-state index in [-0.39, 0.29) is 5.75 Å². The first-order chi connectivity index (χ1) is 10.7. The molecule has 0 aliphatic heterocycles. The molecule has 0 aliphatic rings. The Bertz CT molecular complexity index is 793. The van der Waals surface area contributed by atoms with Crippen LogP contribution in [0.15, 0.2) is 58.4 Å². The highest BCUT2D eigenvalue weighted by Crippen LogP contribution is 2.29. The fraction of sp³-hybridized carbons (Fsp3) is 0.125. The van der Waals surface area contributed by atoms with Crippen LogP contribution in [-0.2, 0) is 21.8 Å². The summed E-state index contributed by atoms with van der Waals surface area (Å²) in [5.74, 6) is -0.349. The van der Waals surface area contributed by atoms with Crippen LogP contribution in [0.2, 0.25) is 0 Å². The van der Waals surface area contributed by atoms with Crippen molar-refractivity contribution >= 4 is 31.8 Å². The molecule has 2 aromatic carbocycles. The maximum Gasteiger partial charge on any atom is 0.416 e. The molecule has 7 heteroatoms. The lowest BCUT2D eigenvalue weighted by atomic mass is 10.1. The average molecular weight is 405 g/mol. The standard InChI is InChI=1S/C16H12BrF3O2S/c17-15-7-3-12(4-8-15)9-10-23(21,22)11-13-1-5-14(6-2-13)16(18,19)20/h1-10H,11H2/b10-9+. The normalized spacial score (nSPS) is 12.7. The summed E-state index contributed by atoms with van der Waals surface area (Å²) in [6.45, 7) is 0. The van der Waals surface area contributed by atoms with Gasteiger partial charge in [-0.2, -0.15) is 13.2 Å². The van der Waals surface area contributed by atoms with E-state index in [0.717, 1.165) is 22.0 Å². The third-order valence-electron chi connectivity index (χ3n) is 2.99. The van der Waals surface area contributed by atoms with E-state index >= 15 is 0 Å². The lowest BCUT2D eigenvalue weighted by Gasteiger charge is -2.07. The molecule has 122 valence electrons. The summed E-state index contributed by atoms with van der Waals surface area (Å²) in [5, 5.41) is 1.06. The van der Waals surface area contributed by atoms with E-state index < -0.39 is 21.6 Å². The van der Waals surface area contributed by atoms with Crippen LogP contribution in [0.4, 0.5) is 13.2 Å². The molecule has 0 radical (unpaired) electrons. The van der Waals surface area contributed by atoms with E-state index in [9.17, 15) is 21.6 Å². The van der Waals surface area contributed by atoms with E-state index in [2.05, 4.69) is 15.9 Å². The lowest BCUT2D eigenvalue weighted by Crippen LogP contribution is -2.05.